The molecule has 0 radical (unpaired) electrons. The van der Waals surface area contributed by atoms with Crippen molar-refractivity contribution >= 4 is 27.0 Å². The third-order valence-corrected chi connectivity index (χ3v) is 3.10. The second kappa shape index (κ2) is 3.74. The maximum Gasteiger partial charge on any atom is 0.417 e. The van der Waals surface area contributed by atoms with Gasteiger partial charge in [0.25, 0.3) is 0 Å². The Morgan fingerprint density at radius 3 is 2.59 bits per heavy atom. The van der Waals surface area contributed by atoms with E-state index in [1.807, 2.05) is 0 Å². The van der Waals surface area contributed by atoms with Crippen LogP contribution >= 0.6 is 15.9 Å². The Hall–Kier alpha value is -1.55. The predicted octanol–water partition coefficient (Wildman–Crippen LogP) is 3.23. The first-order valence-corrected chi connectivity index (χ1v) is 5.27. The van der Waals surface area contributed by atoms with E-state index in [9.17, 15) is 13.2 Å². The fourth-order valence-corrected chi connectivity index (χ4v) is 1.92. The molecule has 7 heteroatoms. The molecular weight excluding hydrogens is 299 g/mol. The molecule has 1 aromatic carbocycles. The SMILES string of the molecule is Cn1c(Br)nc2cc(C(F)(F)F)c(C#N)cc21. The van der Waals surface area contributed by atoms with Gasteiger partial charge in [0, 0.05) is 7.05 Å². The third-order valence-electron chi connectivity index (χ3n) is 2.39. The zero-order valence-corrected chi connectivity index (χ0v) is 10.1. The van der Waals surface area contributed by atoms with Crippen LogP contribution in [0, 0.1) is 11.3 Å². The molecule has 0 unspecified atom stereocenters. The van der Waals surface area contributed by atoms with E-state index in [1.54, 1.807) is 17.7 Å². The van der Waals surface area contributed by atoms with E-state index in [4.69, 9.17) is 5.26 Å². The Labute approximate surface area is 103 Å². The summed E-state index contributed by atoms with van der Waals surface area (Å²) < 4.78 is 40.0. The molecular formula is C10H5BrF3N3. The van der Waals surface area contributed by atoms with E-state index in [2.05, 4.69) is 20.9 Å². The Morgan fingerprint density at radius 2 is 2.06 bits per heavy atom. The van der Waals surface area contributed by atoms with Crippen molar-refractivity contribution in [3.63, 3.8) is 0 Å². The number of nitrogens with zero attached hydrogens (tertiary/aromatic N) is 3. The van der Waals surface area contributed by atoms with E-state index in [0.717, 1.165) is 6.07 Å². The highest BCUT2D eigenvalue weighted by Gasteiger charge is 2.34. The molecule has 17 heavy (non-hydrogen) atoms. The lowest BCUT2D eigenvalue weighted by Gasteiger charge is -2.08. The Balaban J connectivity index is 2.84. The van der Waals surface area contributed by atoms with Crippen LogP contribution in [0.3, 0.4) is 0 Å². The summed E-state index contributed by atoms with van der Waals surface area (Å²) >= 11 is 3.12. The molecule has 0 bridgehead atoms. The minimum Gasteiger partial charge on any atom is -0.322 e. The van der Waals surface area contributed by atoms with Crippen molar-refractivity contribution < 1.29 is 13.2 Å². The molecule has 1 aromatic heterocycles. The number of hydrogen-bond donors (Lipinski definition) is 0. The molecule has 0 saturated heterocycles. The molecule has 88 valence electrons. The molecule has 0 aliphatic heterocycles. The molecule has 2 aromatic rings. The molecule has 3 nitrogen and oxygen atoms in total. The lowest BCUT2D eigenvalue weighted by atomic mass is 10.1. The maximum atomic E-state index is 12.7. The smallest absolute Gasteiger partial charge is 0.322 e. The van der Waals surface area contributed by atoms with Crippen molar-refractivity contribution in [1.29, 1.82) is 5.26 Å². The van der Waals surface area contributed by atoms with Gasteiger partial charge in [0.05, 0.1) is 28.2 Å². The fraction of sp³-hybridized carbons (Fsp3) is 0.200. The van der Waals surface area contributed by atoms with Crippen LogP contribution < -0.4 is 0 Å². The summed E-state index contributed by atoms with van der Waals surface area (Å²) in [6.45, 7) is 0. The Kier molecular flexibility index (Phi) is 2.62. The molecule has 0 fully saturated rings. The minimum absolute atomic E-state index is 0.200. The number of halogens is 4. The highest BCUT2D eigenvalue weighted by Crippen LogP contribution is 2.34. The van der Waals surface area contributed by atoms with Gasteiger partial charge >= 0.3 is 6.18 Å². The van der Waals surface area contributed by atoms with Crippen LogP contribution in [0.25, 0.3) is 11.0 Å². The summed E-state index contributed by atoms with van der Waals surface area (Å²) in [6, 6.07) is 3.63. The van der Waals surface area contributed by atoms with Gasteiger partial charge in [-0.2, -0.15) is 18.4 Å². The number of alkyl halides is 3. The second-order valence-corrected chi connectivity index (χ2v) is 4.15. The van der Waals surface area contributed by atoms with Crippen molar-refractivity contribution in [2.24, 2.45) is 7.05 Å². The van der Waals surface area contributed by atoms with Gasteiger partial charge < -0.3 is 4.57 Å². The third kappa shape index (κ3) is 1.89. The van der Waals surface area contributed by atoms with Crippen molar-refractivity contribution in [1.82, 2.24) is 9.55 Å². The topological polar surface area (TPSA) is 41.6 Å². The van der Waals surface area contributed by atoms with E-state index < -0.39 is 17.3 Å². The predicted molar refractivity (Wildman–Crippen MR) is 58.1 cm³/mol. The number of aromatic nitrogens is 2. The number of hydrogen-bond acceptors (Lipinski definition) is 2. The Morgan fingerprint density at radius 1 is 1.41 bits per heavy atom. The highest BCUT2D eigenvalue weighted by molar-refractivity contribution is 9.10. The first kappa shape index (κ1) is 11.9. The van der Waals surface area contributed by atoms with Crippen LogP contribution in [0.15, 0.2) is 16.9 Å². The van der Waals surface area contributed by atoms with Gasteiger partial charge in [-0.3, -0.25) is 0 Å². The highest BCUT2D eigenvalue weighted by atomic mass is 79.9. The maximum absolute atomic E-state index is 12.7. The van der Waals surface area contributed by atoms with Crippen LogP contribution in [0.1, 0.15) is 11.1 Å². The summed E-state index contributed by atoms with van der Waals surface area (Å²) in [4.78, 5) is 3.93. The largest absolute Gasteiger partial charge is 0.417 e. The molecule has 0 aliphatic rings. The quantitative estimate of drug-likeness (QED) is 0.750. The molecule has 0 spiro atoms. The van der Waals surface area contributed by atoms with Gasteiger partial charge in [0.15, 0.2) is 4.73 Å². The number of nitriles is 1. The molecule has 0 saturated carbocycles. The number of imidazole rings is 1. The first-order chi connectivity index (χ1) is 7.84. The van der Waals surface area contributed by atoms with Gasteiger partial charge in [-0.05, 0) is 28.1 Å². The first-order valence-electron chi connectivity index (χ1n) is 4.48. The van der Waals surface area contributed by atoms with Gasteiger partial charge in [-0.15, -0.1) is 0 Å². The second-order valence-electron chi connectivity index (χ2n) is 3.44. The van der Waals surface area contributed by atoms with Crippen LogP contribution in [-0.2, 0) is 13.2 Å². The van der Waals surface area contributed by atoms with Crippen molar-refractivity contribution in [2.75, 3.05) is 0 Å². The summed E-state index contributed by atoms with van der Waals surface area (Å²) in [6.07, 6.45) is -4.55. The van der Waals surface area contributed by atoms with Crippen molar-refractivity contribution in [2.45, 2.75) is 6.18 Å². The fourth-order valence-electron chi connectivity index (χ4n) is 1.54. The standard InChI is InChI=1S/C10H5BrF3N3/c1-17-8-2-5(4-15)6(10(12,13)14)3-7(8)16-9(17)11/h2-3H,1H3. The van der Waals surface area contributed by atoms with Crippen LogP contribution in [0.5, 0.6) is 0 Å². The average Bonchev–Trinajstić information content (AvgIpc) is 2.52. The van der Waals surface area contributed by atoms with Crippen molar-refractivity contribution in [3.05, 3.63) is 28.0 Å². The van der Waals surface area contributed by atoms with Crippen LogP contribution in [0.2, 0.25) is 0 Å². The number of benzene rings is 1. The van der Waals surface area contributed by atoms with Crippen LogP contribution in [0.4, 0.5) is 13.2 Å². The van der Waals surface area contributed by atoms with Crippen molar-refractivity contribution in [3.8, 4) is 6.07 Å². The normalized spacial score (nSPS) is 11.8. The lowest BCUT2D eigenvalue weighted by Crippen LogP contribution is -2.07. The zero-order chi connectivity index (χ0) is 12.8. The van der Waals surface area contributed by atoms with Gasteiger partial charge in [-0.25, -0.2) is 4.98 Å². The number of aryl methyl sites for hydroxylation is 1. The molecule has 0 aliphatic carbocycles. The monoisotopic (exact) mass is 303 g/mol. The summed E-state index contributed by atoms with van der Waals surface area (Å²) in [7, 11) is 1.65. The minimum atomic E-state index is -4.55. The Bertz CT molecular complexity index is 637. The van der Waals surface area contributed by atoms with Crippen LogP contribution in [-0.4, -0.2) is 9.55 Å². The summed E-state index contributed by atoms with van der Waals surface area (Å²) in [5, 5.41) is 8.75. The lowest BCUT2D eigenvalue weighted by molar-refractivity contribution is -0.137. The molecule has 0 N–H and O–H groups in total. The molecule has 2 rings (SSSR count). The van der Waals surface area contributed by atoms with Gasteiger partial charge in [-0.1, -0.05) is 0 Å². The number of fused-ring (bicyclic) bond motifs is 1. The zero-order valence-electron chi connectivity index (χ0n) is 8.51. The summed E-state index contributed by atoms with van der Waals surface area (Å²) in [5.74, 6) is 0. The average molecular weight is 304 g/mol. The van der Waals surface area contributed by atoms with E-state index in [0.29, 0.717) is 10.3 Å². The molecule has 0 atom stereocenters. The number of rotatable bonds is 0. The van der Waals surface area contributed by atoms with E-state index in [1.165, 1.54) is 6.07 Å². The van der Waals surface area contributed by atoms with Gasteiger partial charge in [0.2, 0.25) is 0 Å². The molecule has 1 heterocycles. The van der Waals surface area contributed by atoms with E-state index >= 15 is 0 Å². The molecule has 0 amide bonds. The van der Waals surface area contributed by atoms with E-state index in [-0.39, 0.29) is 5.52 Å². The van der Waals surface area contributed by atoms with Gasteiger partial charge in [0.1, 0.15) is 0 Å². The summed E-state index contributed by atoms with van der Waals surface area (Å²) in [5.41, 5.74) is -0.689.